The van der Waals surface area contributed by atoms with Crippen LogP contribution in [0.2, 0.25) is 0 Å². The molecule has 0 unspecified atom stereocenters. The fraction of sp³-hybridized carbons (Fsp3) is 0.0588. The second-order valence-corrected chi connectivity index (χ2v) is 4.74. The number of alkyl halides is 3. The summed E-state index contributed by atoms with van der Waals surface area (Å²) in [6, 6.07) is 15.1. The van der Waals surface area contributed by atoms with Crippen LogP contribution in [-0.2, 0) is 9.59 Å². The van der Waals surface area contributed by atoms with Gasteiger partial charge in [0.05, 0.1) is 11.3 Å². The largest absolute Gasteiger partial charge is 0.478 e. The number of nitrogens with one attached hydrogen (secondary N) is 1. The Kier molecular flexibility index (Phi) is 5.03. The molecule has 0 atom stereocenters. The van der Waals surface area contributed by atoms with Crippen LogP contribution in [0.1, 0.15) is 11.1 Å². The third kappa shape index (κ3) is 4.01. The molecule has 0 aliphatic heterocycles. The van der Waals surface area contributed by atoms with E-state index in [0.29, 0.717) is 0 Å². The maximum atomic E-state index is 12.6. The minimum absolute atomic E-state index is 0.149. The molecule has 0 aliphatic rings. The van der Waals surface area contributed by atoms with Crippen molar-refractivity contribution in [1.82, 2.24) is 5.32 Å². The maximum Gasteiger partial charge on any atom is 0.471 e. The van der Waals surface area contributed by atoms with Gasteiger partial charge in [0.1, 0.15) is 0 Å². The van der Waals surface area contributed by atoms with Gasteiger partial charge in [-0.05, 0) is 11.1 Å². The molecule has 4 nitrogen and oxygen atoms in total. The number of carboxylic acids is 1. The molecule has 2 aromatic rings. The van der Waals surface area contributed by atoms with E-state index < -0.39 is 29.3 Å². The number of halogens is 3. The van der Waals surface area contributed by atoms with Gasteiger partial charge in [0.25, 0.3) is 0 Å². The molecule has 2 aromatic carbocycles. The molecule has 0 saturated heterocycles. The molecule has 0 spiro atoms. The number of rotatable bonds is 4. The van der Waals surface area contributed by atoms with Crippen molar-refractivity contribution < 1.29 is 27.9 Å². The van der Waals surface area contributed by atoms with E-state index in [1.807, 2.05) is 0 Å². The first-order valence-electron chi connectivity index (χ1n) is 6.77. The summed E-state index contributed by atoms with van der Waals surface area (Å²) in [5, 5.41) is 11.2. The van der Waals surface area contributed by atoms with Crippen LogP contribution >= 0.6 is 0 Å². The molecule has 0 aromatic heterocycles. The summed E-state index contributed by atoms with van der Waals surface area (Å²) in [4.78, 5) is 23.0. The molecule has 0 heterocycles. The van der Waals surface area contributed by atoms with Crippen molar-refractivity contribution in [1.29, 1.82) is 0 Å². The SMILES string of the molecule is O=C(O)C(=C(NC(=O)C(F)(F)F)c1ccccc1)c1ccccc1. The topological polar surface area (TPSA) is 66.4 Å². The van der Waals surface area contributed by atoms with Gasteiger partial charge in [-0.3, -0.25) is 4.79 Å². The standard InChI is InChI=1S/C17H12F3NO3/c18-17(19,20)16(24)21-14(12-9-5-2-6-10-12)13(15(22)23)11-7-3-1-4-8-11/h1-10H,(H,21,24)(H,22,23). The summed E-state index contributed by atoms with van der Waals surface area (Å²) in [5.41, 5.74) is -0.529. The van der Waals surface area contributed by atoms with Crippen LogP contribution in [0.25, 0.3) is 11.3 Å². The zero-order chi connectivity index (χ0) is 17.7. The van der Waals surface area contributed by atoms with Crippen LogP contribution in [0.4, 0.5) is 13.2 Å². The Balaban J connectivity index is 2.66. The molecule has 24 heavy (non-hydrogen) atoms. The van der Waals surface area contributed by atoms with Gasteiger partial charge in [-0.15, -0.1) is 0 Å². The van der Waals surface area contributed by atoms with E-state index in [0.717, 1.165) is 0 Å². The first-order valence-corrected chi connectivity index (χ1v) is 6.77. The smallest absolute Gasteiger partial charge is 0.471 e. The Hall–Kier alpha value is -3.09. The van der Waals surface area contributed by atoms with Crippen LogP contribution in [-0.4, -0.2) is 23.2 Å². The van der Waals surface area contributed by atoms with Crippen LogP contribution in [0.15, 0.2) is 60.7 Å². The Morgan fingerprint density at radius 2 is 1.29 bits per heavy atom. The lowest BCUT2D eigenvalue weighted by Gasteiger charge is -2.16. The molecule has 2 rings (SSSR count). The summed E-state index contributed by atoms with van der Waals surface area (Å²) in [6.45, 7) is 0. The number of amides is 1. The lowest BCUT2D eigenvalue weighted by Crippen LogP contribution is -2.36. The summed E-state index contributed by atoms with van der Waals surface area (Å²) < 4.78 is 37.8. The number of carboxylic acid groups (broad SMARTS) is 1. The van der Waals surface area contributed by atoms with E-state index in [1.165, 1.54) is 36.4 Å². The van der Waals surface area contributed by atoms with Gasteiger partial charge in [0.2, 0.25) is 0 Å². The number of hydrogen-bond donors (Lipinski definition) is 2. The van der Waals surface area contributed by atoms with E-state index in [1.54, 1.807) is 29.6 Å². The first-order chi connectivity index (χ1) is 11.3. The van der Waals surface area contributed by atoms with E-state index in [-0.39, 0.29) is 11.1 Å². The average Bonchev–Trinajstić information content (AvgIpc) is 2.54. The second kappa shape index (κ2) is 6.99. The summed E-state index contributed by atoms with van der Waals surface area (Å²) in [5.74, 6) is -3.70. The van der Waals surface area contributed by atoms with Gasteiger partial charge in [0, 0.05) is 0 Å². The Morgan fingerprint density at radius 3 is 1.71 bits per heavy atom. The summed E-state index contributed by atoms with van der Waals surface area (Å²) >= 11 is 0. The van der Waals surface area contributed by atoms with Gasteiger partial charge >= 0.3 is 18.1 Å². The first kappa shape index (κ1) is 17.3. The second-order valence-electron chi connectivity index (χ2n) is 4.74. The van der Waals surface area contributed by atoms with Crippen molar-refractivity contribution in [3.05, 3.63) is 71.8 Å². The zero-order valence-corrected chi connectivity index (χ0v) is 12.2. The van der Waals surface area contributed by atoms with Crippen LogP contribution in [0, 0.1) is 0 Å². The van der Waals surface area contributed by atoms with Gasteiger partial charge in [-0.25, -0.2) is 4.79 Å². The third-order valence-corrected chi connectivity index (χ3v) is 3.08. The highest BCUT2D eigenvalue weighted by molar-refractivity contribution is 6.24. The van der Waals surface area contributed by atoms with Gasteiger partial charge < -0.3 is 10.4 Å². The van der Waals surface area contributed by atoms with Crippen LogP contribution in [0.5, 0.6) is 0 Å². The van der Waals surface area contributed by atoms with Gasteiger partial charge in [-0.1, -0.05) is 60.7 Å². The quantitative estimate of drug-likeness (QED) is 0.665. The van der Waals surface area contributed by atoms with Crippen molar-refractivity contribution in [2.45, 2.75) is 6.18 Å². The number of benzene rings is 2. The van der Waals surface area contributed by atoms with Gasteiger partial charge in [-0.2, -0.15) is 13.2 Å². The van der Waals surface area contributed by atoms with E-state index in [9.17, 15) is 27.9 Å². The Labute approximate surface area is 135 Å². The molecule has 124 valence electrons. The highest BCUT2D eigenvalue weighted by Gasteiger charge is 2.39. The molecule has 0 bridgehead atoms. The minimum Gasteiger partial charge on any atom is -0.478 e. The van der Waals surface area contributed by atoms with Crippen molar-refractivity contribution in [3.63, 3.8) is 0 Å². The fourth-order valence-corrected chi connectivity index (χ4v) is 2.05. The predicted molar refractivity (Wildman–Crippen MR) is 81.5 cm³/mol. The molecule has 1 amide bonds. The number of aliphatic carboxylic acids is 1. The van der Waals surface area contributed by atoms with Crippen molar-refractivity contribution in [2.75, 3.05) is 0 Å². The van der Waals surface area contributed by atoms with Crippen LogP contribution < -0.4 is 5.32 Å². The number of carbonyl (C=O) groups excluding carboxylic acids is 1. The Morgan fingerprint density at radius 1 is 0.833 bits per heavy atom. The van der Waals surface area contributed by atoms with E-state index in [2.05, 4.69) is 0 Å². The third-order valence-electron chi connectivity index (χ3n) is 3.08. The summed E-state index contributed by atoms with van der Waals surface area (Å²) in [6.07, 6.45) is -5.14. The maximum absolute atomic E-state index is 12.6. The molecule has 0 fully saturated rings. The lowest BCUT2D eigenvalue weighted by atomic mass is 9.99. The lowest BCUT2D eigenvalue weighted by molar-refractivity contribution is -0.172. The van der Waals surface area contributed by atoms with Crippen molar-refractivity contribution in [2.24, 2.45) is 0 Å². The minimum atomic E-state index is -5.14. The monoisotopic (exact) mass is 335 g/mol. The number of hydrogen-bond acceptors (Lipinski definition) is 2. The van der Waals surface area contributed by atoms with E-state index in [4.69, 9.17) is 0 Å². The van der Waals surface area contributed by atoms with Crippen LogP contribution in [0.3, 0.4) is 0 Å². The Bertz CT molecular complexity index is 769. The van der Waals surface area contributed by atoms with E-state index >= 15 is 0 Å². The highest BCUT2D eigenvalue weighted by Crippen LogP contribution is 2.26. The normalized spacial score (nSPS) is 12.3. The molecule has 2 N–H and O–H groups in total. The molecule has 7 heteroatoms. The fourth-order valence-electron chi connectivity index (χ4n) is 2.05. The molecule has 0 saturated carbocycles. The predicted octanol–water partition coefficient (Wildman–Crippen LogP) is 3.32. The molecule has 0 aliphatic carbocycles. The highest BCUT2D eigenvalue weighted by atomic mass is 19.4. The van der Waals surface area contributed by atoms with Gasteiger partial charge in [0.15, 0.2) is 0 Å². The molecular formula is C17H12F3NO3. The van der Waals surface area contributed by atoms with Crippen molar-refractivity contribution >= 4 is 23.1 Å². The molecular weight excluding hydrogens is 323 g/mol. The summed E-state index contributed by atoms with van der Waals surface area (Å²) in [7, 11) is 0. The zero-order valence-electron chi connectivity index (χ0n) is 12.2. The average molecular weight is 335 g/mol. The van der Waals surface area contributed by atoms with Crippen molar-refractivity contribution in [3.8, 4) is 0 Å². The molecule has 0 radical (unpaired) electrons. The number of carbonyl (C=O) groups is 2.